The van der Waals surface area contributed by atoms with Gasteiger partial charge in [-0.05, 0) is 72.9 Å². The van der Waals surface area contributed by atoms with Crippen LogP contribution in [-0.4, -0.2) is 20.8 Å². The molecule has 0 aliphatic carbocycles. The van der Waals surface area contributed by atoms with Crippen molar-refractivity contribution in [3.05, 3.63) is 135 Å². The Balaban J connectivity index is 1.54. The van der Waals surface area contributed by atoms with E-state index in [0.29, 0.717) is 28.2 Å². The van der Waals surface area contributed by atoms with Gasteiger partial charge in [0.25, 0.3) is 0 Å². The van der Waals surface area contributed by atoms with Crippen LogP contribution in [0.5, 0.6) is 0 Å². The number of anilines is 1. The number of thioether (sulfide) groups is 1. The molecule has 214 valence electrons. The largest absolute Gasteiger partial charge is 0.327 e. The molecular formula is C33H31ClFN5OS. The molecule has 0 bridgehead atoms. The maximum absolute atomic E-state index is 13.5. The van der Waals surface area contributed by atoms with Crippen LogP contribution < -0.4 is 10.6 Å². The van der Waals surface area contributed by atoms with Gasteiger partial charge in [0.1, 0.15) is 5.82 Å². The van der Waals surface area contributed by atoms with E-state index >= 15 is 0 Å². The zero-order chi connectivity index (χ0) is 29.6. The minimum Gasteiger partial charge on any atom is -0.327 e. The molecule has 2 amide bonds. The van der Waals surface area contributed by atoms with E-state index in [1.807, 2.05) is 92.1 Å². The average Bonchev–Trinajstić information content (AvgIpc) is 3.40. The predicted molar refractivity (Wildman–Crippen MR) is 168 cm³/mol. The molecule has 0 fully saturated rings. The van der Waals surface area contributed by atoms with Crippen molar-refractivity contribution in [1.29, 1.82) is 0 Å². The number of nitrogens with one attached hydrogen (secondary N) is 2. The summed E-state index contributed by atoms with van der Waals surface area (Å²) in [5.74, 6) is 0.849. The average molecular weight is 600 g/mol. The number of carbonyl (C=O) groups excluding carboxylic acids is 1. The van der Waals surface area contributed by atoms with Gasteiger partial charge < -0.3 is 10.6 Å². The van der Waals surface area contributed by atoms with E-state index in [-0.39, 0.29) is 11.8 Å². The van der Waals surface area contributed by atoms with E-state index in [1.165, 1.54) is 23.9 Å². The highest BCUT2D eigenvalue weighted by Gasteiger charge is 2.26. The zero-order valence-corrected chi connectivity index (χ0v) is 25.1. The van der Waals surface area contributed by atoms with E-state index in [0.717, 1.165) is 39.2 Å². The Hall–Kier alpha value is -4.14. The number of halogens is 2. The lowest BCUT2D eigenvalue weighted by atomic mass is 10.0. The fourth-order valence-corrected chi connectivity index (χ4v) is 5.83. The number of urea groups is 1. The smallest absolute Gasteiger partial charge is 0.319 e. The van der Waals surface area contributed by atoms with Crippen molar-refractivity contribution in [3.8, 4) is 5.69 Å². The molecule has 0 saturated heterocycles. The molecule has 4 aromatic carbocycles. The van der Waals surface area contributed by atoms with E-state index < -0.39 is 6.04 Å². The number of nitrogens with zero attached hydrogens (tertiary/aromatic N) is 3. The highest BCUT2D eigenvalue weighted by molar-refractivity contribution is 7.98. The first-order chi connectivity index (χ1) is 20.3. The third-order valence-electron chi connectivity index (χ3n) is 6.97. The number of hydrogen-bond acceptors (Lipinski definition) is 4. The first-order valence-electron chi connectivity index (χ1n) is 13.5. The first-order valence-corrected chi connectivity index (χ1v) is 14.9. The molecule has 5 aromatic rings. The second-order valence-corrected chi connectivity index (χ2v) is 11.5. The van der Waals surface area contributed by atoms with Crippen molar-refractivity contribution in [2.45, 2.75) is 44.1 Å². The number of carbonyl (C=O) groups is 1. The quantitative estimate of drug-likeness (QED) is 0.167. The van der Waals surface area contributed by atoms with Gasteiger partial charge >= 0.3 is 6.03 Å². The predicted octanol–water partition coefficient (Wildman–Crippen LogP) is 8.38. The van der Waals surface area contributed by atoms with Crippen LogP contribution in [0.3, 0.4) is 0 Å². The molecule has 1 aromatic heterocycles. The third-order valence-corrected chi connectivity index (χ3v) is 8.21. The van der Waals surface area contributed by atoms with Crippen LogP contribution in [0, 0.1) is 26.6 Å². The Morgan fingerprint density at radius 3 is 2.31 bits per heavy atom. The molecule has 0 spiro atoms. The Labute approximate surface area is 254 Å². The molecule has 2 N–H and O–H groups in total. The molecule has 1 atom stereocenters. The topological polar surface area (TPSA) is 71.8 Å². The molecule has 0 aliphatic rings. The van der Waals surface area contributed by atoms with Crippen LogP contribution >= 0.6 is 23.4 Å². The van der Waals surface area contributed by atoms with E-state index in [4.69, 9.17) is 11.6 Å². The number of benzene rings is 4. The van der Waals surface area contributed by atoms with Gasteiger partial charge in [0, 0.05) is 22.9 Å². The Kier molecular flexibility index (Phi) is 9.25. The molecule has 0 radical (unpaired) electrons. The van der Waals surface area contributed by atoms with E-state index in [2.05, 4.69) is 20.8 Å². The molecule has 1 unspecified atom stereocenters. The summed E-state index contributed by atoms with van der Waals surface area (Å²) in [7, 11) is 0. The lowest BCUT2D eigenvalue weighted by Gasteiger charge is -2.22. The van der Waals surface area contributed by atoms with Gasteiger partial charge in [-0.25, -0.2) is 9.18 Å². The monoisotopic (exact) mass is 599 g/mol. The minimum atomic E-state index is -0.525. The van der Waals surface area contributed by atoms with Gasteiger partial charge in [0.2, 0.25) is 0 Å². The molecule has 0 aliphatic heterocycles. The summed E-state index contributed by atoms with van der Waals surface area (Å²) in [5.41, 5.74) is 6.50. The maximum atomic E-state index is 13.5. The third kappa shape index (κ3) is 7.01. The molecule has 5 rings (SSSR count). The summed E-state index contributed by atoms with van der Waals surface area (Å²) >= 11 is 7.94. The molecule has 6 nitrogen and oxygen atoms in total. The number of amides is 2. The van der Waals surface area contributed by atoms with Crippen molar-refractivity contribution in [1.82, 2.24) is 20.1 Å². The normalized spacial score (nSPS) is 11.7. The van der Waals surface area contributed by atoms with Gasteiger partial charge in [-0.1, -0.05) is 90.1 Å². The lowest BCUT2D eigenvalue weighted by molar-refractivity contribution is 0.247. The summed E-state index contributed by atoms with van der Waals surface area (Å²) < 4.78 is 15.4. The van der Waals surface area contributed by atoms with Crippen molar-refractivity contribution >= 4 is 35.1 Å². The Bertz CT molecular complexity index is 1670. The number of aromatic nitrogens is 3. The van der Waals surface area contributed by atoms with Gasteiger partial charge in [-0.15, -0.1) is 10.2 Å². The highest BCUT2D eigenvalue weighted by atomic mass is 35.5. The lowest BCUT2D eigenvalue weighted by Crippen LogP contribution is -2.35. The Morgan fingerprint density at radius 1 is 0.881 bits per heavy atom. The molecule has 42 heavy (non-hydrogen) atoms. The van der Waals surface area contributed by atoms with E-state index in [1.54, 1.807) is 12.1 Å². The van der Waals surface area contributed by atoms with Gasteiger partial charge in [-0.2, -0.15) is 0 Å². The number of rotatable bonds is 9. The Morgan fingerprint density at radius 2 is 1.60 bits per heavy atom. The van der Waals surface area contributed by atoms with Crippen molar-refractivity contribution in [3.63, 3.8) is 0 Å². The molecule has 0 saturated carbocycles. The van der Waals surface area contributed by atoms with Crippen LogP contribution in [0.2, 0.25) is 5.02 Å². The summed E-state index contributed by atoms with van der Waals surface area (Å²) in [6, 6.07) is 27.0. The standard InChI is InChI=1S/C33H31ClFN5OS/c1-21-12-15-26(34)19-29(21)40-31(38-39-33(40)42-20-25-13-16-27(35)17-14-25)28(18-24-10-5-4-6-11-24)36-32(41)37-30-22(2)8-7-9-23(30)3/h4-17,19,28H,18,20H2,1-3H3,(H2,36,37,41). The van der Waals surface area contributed by atoms with E-state index in [9.17, 15) is 9.18 Å². The zero-order valence-electron chi connectivity index (χ0n) is 23.6. The summed E-state index contributed by atoms with van der Waals surface area (Å²) in [5, 5.41) is 16.6. The van der Waals surface area contributed by atoms with Crippen molar-refractivity contribution in [2.75, 3.05) is 5.32 Å². The fraction of sp³-hybridized carbons (Fsp3) is 0.182. The van der Waals surface area contributed by atoms with Gasteiger partial charge in [0.15, 0.2) is 11.0 Å². The summed E-state index contributed by atoms with van der Waals surface area (Å²) in [6.45, 7) is 5.93. The van der Waals surface area contributed by atoms with Crippen LogP contribution in [0.15, 0.2) is 96.2 Å². The van der Waals surface area contributed by atoms with Crippen molar-refractivity contribution in [2.24, 2.45) is 0 Å². The molecule has 1 heterocycles. The molecule has 9 heteroatoms. The van der Waals surface area contributed by atoms with Crippen LogP contribution in [0.1, 0.15) is 39.7 Å². The van der Waals surface area contributed by atoms with Crippen molar-refractivity contribution < 1.29 is 9.18 Å². The van der Waals surface area contributed by atoms with Crippen LogP contribution in [-0.2, 0) is 12.2 Å². The number of aryl methyl sites for hydroxylation is 3. The first kappa shape index (κ1) is 29.4. The second kappa shape index (κ2) is 13.2. The SMILES string of the molecule is Cc1ccc(Cl)cc1-n1c(SCc2ccc(F)cc2)nnc1C(Cc1ccccc1)NC(=O)Nc1c(C)cccc1C. The number of hydrogen-bond donors (Lipinski definition) is 2. The summed E-state index contributed by atoms with van der Waals surface area (Å²) in [4.78, 5) is 13.5. The highest BCUT2D eigenvalue weighted by Crippen LogP contribution is 2.32. The van der Waals surface area contributed by atoms with Gasteiger partial charge in [-0.3, -0.25) is 4.57 Å². The van der Waals surface area contributed by atoms with Crippen LogP contribution in [0.4, 0.5) is 14.9 Å². The fourth-order valence-electron chi connectivity index (χ4n) is 4.75. The summed E-state index contributed by atoms with van der Waals surface area (Å²) in [6.07, 6.45) is 0.487. The number of para-hydroxylation sites is 1. The maximum Gasteiger partial charge on any atom is 0.319 e. The van der Waals surface area contributed by atoms with Gasteiger partial charge in [0.05, 0.1) is 11.7 Å². The minimum absolute atomic E-state index is 0.280. The molecular weight excluding hydrogens is 569 g/mol. The second-order valence-electron chi connectivity index (χ2n) is 10.1. The van der Waals surface area contributed by atoms with Crippen LogP contribution in [0.25, 0.3) is 5.69 Å².